The summed E-state index contributed by atoms with van der Waals surface area (Å²) in [6.45, 7) is 4.11. The molecule has 0 amide bonds. The predicted octanol–water partition coefficient (Wildman–Crippen LogP) is 5.11. The van der Waals surface area contributed by atoms with Crippen LogP contribution in [0.25, 0.3) is 0 Å². The van der Waals surface area contributed by atoms with Gasteiger partial charge in [-0.2, -0.15) is 0 Å². The van der Waals surface area contributed by atoms with Gasteiger partial charge < -0.3 is 14.8 Å². The maximum atomic E-state index is 5.81. The third kappa shape index (κ3) is 5.55. The highest BCUT2D eigenvalue weighted by molar-refractivity contribution is 5.46. The molecule has 3 nitrogen and oxygen atoms in total. The summed E-state index contributed by atoms with van der Waals surface area (Å²) in [5, 5.41) is 3.36. The second kappa shape index (κ2) is 9.52. The van der Waals surface area contributed by atoms with Crippen molar-refractivity contribution in [3.8, 4) is 11.5 Å². The summed E-state index contributed by atoms with van der Waals surface area (Å²) >= 11 is 0. The van der Waals surface area contributed by atoms with E-state index in [0.717, 1.165) is 35.7 Å². The van der Waals surface area contributed by atoms with Crippen LogP contribution in [0, 0.1) is 6.92 Å². The average molecular weight is 347 g/mol. The van der Waals surface area contributed by atoms with E-state index < -0.39 is 0 Å². The summed E-state index contributed by atoms with van der Waals surface area (Å²) in [4.78, 5) is 0. The summed E-state index contributed by atoms with van der Waals surface area (Å²) in [7, 11) is 0. The van der Waals surface area contributed by atoms with Crippen molar-refractivity contribution in [1.29, 1.82) is 0 Å². The molecule has 0 spiro atoms. The van der Waals surface area contributed by atoms with Gasteiger partial charge in [0.25, 0.3) is 0 Å². The standard InChI is InChI=1S/C23H25NO2/c1-19-7-5-6-10-23(19)26-18-16-24-21-11-13-22(14-12-21)25-17-15-20-8-3-2-4-9-20/h2-14,24H,15-18H2,1H3. The normalized spacial score (nSPS) is 10.3. The van der Waals surface area contributed by atoms with Crippen LogP contribution < -0.4 is 14.8 Å². The molecule has 0 bridgehead atoms. The molecule has 0 unspecified atom stereocenters. The third-order valence-corrected chi connectivity index (χ3v) is 4.14. The minimum Gasteiger partial charge on any atom is -0.493 e. The quantitative estimate of drug-likeness (QED) is 0.546. The average Bonchev–Trinajstić information content (AvgIpc) is 2.68. The van der Waals surface area contributed by atoms with Crippen LogP contribution in [0.2, 0.25) is 0 Å². The minimum absolute atomic E-state index is 0.625. The molecular weight excluding hydrogens is 322 g/mol. The first-order valence-electron chi connectivity index (χ1n) is 9.00. The highest BCUT2D eigenvalue weighted by Gasteiger charge is 1.99. The summed E-state index contributed by atoms with van der Waals surface area (Å²) in [5.74, 6) is 1.83. The zero-order valence-electron chi connectivity index (χ0n) is 15.2. The summed E-state index contributed by atoms with van der Waals surface area (Å²) in [6, 6.07) is 26.5. The van der Waals surface area contributed by atoms with Crippen LogP contribution in [0.4, 0.5) is 5.69 Å². The molecule has 0 aliphatic rings. The van der Waals surface area contributed by atoms with Gasteiger partial charge in [0.15, 0.2) is 0 Å². The number of benzene rings is 3. The Morgan fingerprint density at radius 1 is 0.731 bits per heavy atom. The number of aryl methyl sites for hydroxylation is 1. The SMILES string of the molecule is Cc1ccccc1OCCNc1ccc(OCCc2ccccc2)cc1. The van der Waals surface area contributed by atoms with Crippen LogP contribution in [0.1, 0.15) is 11.1 Å². The molecule has 134 valence electrons. The van der Waals surface area contributed by atoms with E-state index in [-0.39, 0.29) is 0 Å². The monoisotopic (exact) mass is 347 g/mol. The first-order valence-corrected chi connectivity index (χ1v) is 9.00. The van der Waals surface area contributed by atoms with Crippen LogP contribution in [-0.4, -0.2) is 19.8 Å². The molecule has 3 rings (SSSR count). The summed E-state index contributed by atoms with van der Waals surface area (Å²) in [5.41, 5.74) is 3.51. The molecule has 0 atom stereocenters. The Hall–Kier alpha value is -2.94. The van der Waals surface area contributed by atoms with Crippen molar-refractivity contribution in [2.75, 3.05) is 25.1 Å². The van der Waals surface area contributed by atoms with Crippen molar-refractivity contribution in [1.82, 2.24) is 0 Å². The molecule has 0 fully saturated rings. The molecular formula is C23H25NO2. The Balaban J connectivity index is 1.37. The molecule has 3 aromatic carbocycles. The first kappa shape index (κ1) is 17.9. The highest BCUT2D eigenvalue weighted by Crippen LogP contribution is 2.17. The van der Waals surface area contributed by atoms with E-state index in [2.05, 4.69) is 42.6 Å². The van der Waals surface area contributed by atoms with Gasteiger partial charge in [-0.15, -0.1) is 0 Å². The lowest BCUT2D eigenvalue weighted by Gasteiger charge is -2.11. The summed E-state index contributed by atoms with van der Waals surface area (Å²) < 4.78 is 11.6. The number of rotatable bonds is 9. The van der Waals surface area contributed by atoms with E-state index in [4.69, 9.17) is 9.47 Å². The van der Waals surface area contributed by atoms with Crippen molar-refractivity contribution in [3.63, 3.8) is 0 Å². The second-order valence-corrected chi connectivity index (χ2v) is 6.15. The molecule has 0 radical (unpaired) electrons. The number of para-hydroxylation sites is 1. The van der Waals surface area contributed by atoms with Crippen LogP contribution in [0.15, 0.2) is 78.9 Å². The second-order valence-electron chi connectivity index (χ2n) is 6.15. The Kier molecular flexibility index (Phi) is 6.54. The van der Waals surface area contributed by atoms with Crippen molar-refractivity contribution in [2.24, 2.45) is 0 Å². The van der Waals surface area contributed by atoms with Gasteiger partial charge in [-0.3, -0.25) is 0 Å². The molecule has 1 N–H and O–H groups in total. The van der Waals surface area contributed by atoms with Crippen molar-refractivity contribution in [3.05, 3.63) is 90.0 Å². The van der Waals surface area contributed by atoms with E-state index in [0.29, 0.717) is 13.2 Å². The maximum absolute atomic E-state index is 5.81. The van der Waals surface area contributed by atoms with E-state index >= 15 is 0 Å². The number of hydrogen-bond donors (Lipinski definition) is 1. The lowest BCUT2D eigenvalue weighted by Crippen LogP contribution is -2.11. The fraction of sp³-hybridized carbons (Fsp3) is 0.217. The molecule has 0 saturated carbocycles. The number of ether oxygens (including phenoxy) is 2. The maximum Gasteiger partial charge on any atom is 0.122 e. The first-order chi connectivity index (χ1) is 12.8. The Morgan fingerprint density at radius 3 is 2.23 bits per heavy atom. The van der Waals surface area contributed by atoms with Crippen molar-refractivity contribution in [2.45, 2.75) is 13.3 Å². The Morgan fingerprint density at radius 2 is 1.46 bits per heavy atom. The van der Waals surface area contributed by atoms with Gasteiger partial charge in [0.1, 0.15) is 18.1 Å². The highest BCUT2D eigenvalue weighted by atomic mass is 16.5. The van der Waals surface area contributed by atoms with Gasteiger partial charge in [0.05, 0.1) is 6.61 Å². The van der Waals surface area contributed by atoms with E-state index in [1.165, 1.54) is 5.56 Å². The molecule has 0 aliphatic heterocycles. The molecule has 3 aromatic rings. The Bertz CT molecular complexity index is 785. The van der Waals surface area contributed by atoms with Crippen molar-refractivity contribution < 1.29 is 9.47 Å². The van der Waals surface area contributed by atoms with Gasteiger partial charge >= 0.3 is 0 Å². The van der Waals surface area contributed by atoms with Crippen LogP contribution in [-0.2, 0) is 6.42 Å². The minimum atomic E-state index is 0.625. The smallest absolute Gasteiger partial charge is 0.122 e. The Labute approximate surface area is 155 Å². The van der Waals surface area contributed by atoms with Gasteiger partial charge in [0, 0.05) is 18.7 Å². The van der Waals surface area contributed by atoms with Crippen molar-refractivity contribution >= 4 is 5.69 Å². The fourth-order valence-electron chi connectivity index (χ4n) is 2.68. The van der Waals surface area contributed by atoms with Crippen LogP contribution >= 0.6 is 0 Å². The van der Waals surface area contributed by atoms with Gasteiger partial charge in [-0.05, 0) is 48.4 Å². The number of anilines is 1. The predicted molar refractivity (Wildman–Crippen MR) is 107 cm³/mol. The molecule has 0 saturated heterocycles. The topological polar surface area (TPSA) is 30.5 Å². The lowest BCUT2D eigenvalue weighted by molar-refractivity contribution is 0.322. The number of nitrogens with one attached hydrogen (secondary N) is 1. The van der Waals surface area contributed by atoms with E-state index in [9.17, 15) is 0 Å². The fourth-order valence-corrected chi connectivity index (χ4v) is 2.68. The summed E-state index contributed by atoms with van der Waals surface area (Å²) in [6.07, 6.45) is 0.914. The van der Waals surface area contributed by atoms with Crippen LogP contribution in [0.5, 0.6) is 11.5 Å². The van der Waals surface area contributed by atoms with E-state index in [1.807, 2.05) is 48.5 Å². The van der Waals surface area contributed by atoms with Gasteiger partial charge in [-0.1, -0.05) is 48.5 Å². The zero-order chi connectivity index (χ0) is 18.0. The zero-order valence-corrected chi connectivity index (χ0v) is 15.2. The van der Waals surface area contributed by atoms with Gasteiger partial charge in [0.2, 0.25) is 0 Å². The van der Waals surface area contributed by atoms with Gasteiger partial charge in [-0.25, -0.2) is 0 Å². The molecule has 0 aliphatic carbocycles. The lowest BCUT2D eigenvalue weighted by atomic mass is 10.2. The molecule has 0 heterocycles. The van der Waals surface area contributed by atoms with Crippen LogP contribution in [0.3, 0.4) is 0 Å². The van der Waals surface area contributed by atoms with E-state index in [1.54, 1.807) is 0 Å². The third-order valence-electron chi connectivity index (χ3n) is 4.14. The molecule has 3 heteroatoms. The largest absolute Gasteiger partial charge is 0.493 e. The molecule has 26 heavy (non-hydrogen) atoms. The number of hydrogen-bond acceptors (Lipinski definition) is 3. The molecule has 0 aromatic heterocycles.